The molecule has 0 aromatic heterocycles. The number of rotatable bonds is 7. The number of amides is 1. The van der Waals surface area contributed by atoms with Gasteiger partial charge in [-0.05, 0) is 68.5 Å². The van der Waals surface area contributed by atoms with Crippen LogP contribution in [-0.2, 0) is 21.2 Å². The van der Waals surface area contributed by atoms with Crippen LogP contribution in [-0.4, -0.2) is 55.8 Å². The topological polar surface area (TPSA) is 69.7 Å². The van der Waals surface area contributed by atoms with Crippen molar-refractivity contribution in [1.82, 2.24) is 9.21 Å². The summed E-state index contributed by atoms with van der Waals surface area (Å²) < 4.78 is 27.1. The van der Waals surface area contributed by atoms with Crippen LogP contribution in [0.2, 0.25) is 5.02 Å². The number of sulfonamides is 1. The maximum atomic E-state index is 12.8. The molecule has 2 aromatic carbocycles. The summed E-state index contributed by atoms with van der Waals surface area (Å²) in [5.41, 5.74) is 1.61. The third-order valence-electron chi connectivity index (χ3n) is 6.08. The summed E-state index contributed by atoms with van der Waals surface area (Å²) in [6, 6.07) is 14.6. The van der Waals surface area contributed by atoms with Crippen LogP contribution in [0.25, 0.3) is 0 Å². The smallest absolute Gasteiger partial charge is 0.243 e. The SMILES string of the molecule is O=C(CN1CCCC1Cc1ccccc1Cl)Nc1cccc(S(=O)(=O)N2CCCC2)c1. The van der Waals surface area contributed by atoms with Crippen LogP contribution < -0.4 is 5.32 Å². The summed E-state index contributed by atoms with van der Waals surface area (Å²) in [6.45, 7) is 2.26. The molecule has 2 aromatic rings. The van der Waals surface area contributed by atoms with Gasteiger partial charge in [0.25, 0.3) is 0 Å². The first-order chi connectivity index (χ1) is 14.9. The lowest BCUT2D eigenvalue weighted by molar-refractivity contribution is -0.117. The molecule has 2 fully saturated rings. The van der Waals surface area contributed by atoms with Gasteiger partial charge in [-0.25, -0.2) is 8.42 Å². The zero-order valence-corrected chi connectivity index (χ0v) is 19.0. The molecule has 0 bridgehead atoms. The zero-order chi connectivity index (χ0) is 21.8. The molecule has 2 aliphatic heterocycles. The van der Waals surface area contributed by atoms with Crippen LogP contribution in [0.5, 0.6) is 0 Å². The summed E-state index contributed by atoms with van der Waals surface area (Å²) in [5, 5.41) is 3.64. The van der Waals surface area contributed by atoms with E-state index in [9.17, 15) is 13.2 Å². The first-order valence-electron chi connectivity index (χ1n) is 10.8. The maximum absolute atomic E-state index is 12.8. The van der Waals surface area contributed by atoms with Gasteiger partial charge in [0, 0.05) is 29.8 Å². The fourth-order valence-electron chi connectivity index (χ4n) is 4.45. The largest absolute Gasteiger partial charge is 0.325 e. The Hall–Kier alpha value is -1.93. The van der Waals surface area contributed by atoms with E-state index < -0.39 is 10.0 Å². The molecule has 1 amide bonds. The van der Waals surface area contributed by atoms with E-state index in [4.69, 9.17) is 11.6 Å². The predicted molar refractivity (Wildman–Crippen MR) is 123 cm³/mol. The van der Waals surface area contributed by atoms with Crippen molar-refractivity contribution in [3.05, 3.63) is 59.1 Å². The fourth-order valence-corrected chi connectivity index (χ4v) is 6.23. The monoisotopic (exact) mass is 461 g/mol. The zero-order valence-electron chi connectivity index (χ0n) is 17.5. The molecule has 1 unspecified atom stereocenters. The number of carbonyl (C=O) groups is 1. The van der Waals surface area contributed by atoms with Gasteiger partial charge in [-0.3, -0.25) is 9.69 Å². The lowest BCUT2D eigenvalue weighted by Crippen LogP contribution is -2.38. The van der Waals surface area contributed by atoms with E-state index in [-0.39, 0.29) is 23.4 Å². The molecule has 6 nitrogen and oxygen atoms in total. The van der Waals surface area contributed by atoms with Crippen LogP contribution in [0.15, 0.2) is 53.4 Å². The maximum Gasteiger partial charge on any atom is 0.243 e. The molecule has 0 spiro atoms. The van der Waals surface area contributed by atoms with Crippen LogP contribution in [0.1, 0.15) is 31.2 Å². The van der Waals surface area contributed by atoms with Crippen molar-refractivity contribution >= 4 is 33.2 Å². The van der Waals surface area contributed by atoms with E-state index in [2.05, 4.69) is 10.2 Å². The highest BCUT2D eigenvalue weighted by Crippen LogP contribution is 2.26. The van der Waals surface area contributed by atoms with Gasteiger partial charge >= 0.3 is 0 Å². The van der Waals surface area contributed by atoms with Crippen molar-refractivity contribution in [1.29, 1.82) is 0 Å². The summed E-state index contributed by atoms with van der Waals surface area (Å²) in [4.78, 5) is 15.1. The van der Waals surface area contributed by atoms with Crippen LogP contribution in [0.4, 0.5) is 5.69 Å². The molecule has 2 aliphatic rings. The van der Waals surface area contributed by atoms with E-state index in [1.54, 1.807) is 24.3 Å². The second-order valence-corrected chi connectivity index (χ2v) is 10.6. The Kier molecular flexibility index (Phi) is 6.96. The van der Waals surface area contributed by atoms with E-state index in [1.807, 2.05) is 24.3 Å². The summed E-state index contributed by atoms with van der Waals surface area (Å²) >= 11 is 6.31. The van der Waals surface area contributed by atoms with Crippen LogP contribution in [0, 0.1) is 0 Å². The van der Waals surface area contributed by atoms with Crippen molar-refractivity contribution in [2.45, 2.75) is 43.0 Å². The molecule has 0 saturated carbocycles. The van der Waals surface area contributed by atoms with Crippen molar-refractivity contribution < 1.29 is 13.2 Å². The van der Waals surface area contributed by atoms with Gasteiger partial charge in [-0.15, -0.1) is 0 Å². The summed E-state index contributed by atoms with van der Waals surface area (Å²) in [6.07, 6.45) is 4.67. The number of nitrogens with one attached hydrogen (secondary N) is 1. The van der Waals surface area contributed by atoms with Gasteiger partial charge in [0.2, 0.25) is 15.9 Å². The number of halogens is 1. The molecule has 4 rings (SSSR count). The van der Waals surface area contributed by atoms with Crippen molar-refractivity contribution in [2.24, 2.45) is 0 Å². The van der Waals surface area contributed by atoms with Crippen LogP contribution >= 0.6 is 11.6 Å². The minimum Gasteiger partial charge on any atom is -0.325 e. The number of hydrogen-bond donors (Lipinski definition) is 1. The number of carbonyl (C=O) groups excluding carboxylic acids is 1. The molecule has 0 radical (unpaired) electrons. The standard InChI is InChI=1S/C23H28ClN3O3S/c24-22-11-2-1-7-18(22)15-20-9-6-12-26(20)17-23(28)25-19-8-5-10-21(16-19)31(29,30)27-13-3-4-14-27/h1-2,5,7-8,10-11,16,20H,3-4,6,9,12-15,17H2,(H,25,28). The Morgan fingerprint density at radius 3 is 2.58 bits per heavy atom. The van der Waals surface area contributed by atoms with E-state index in [0.29, 0.717) is 18.8 Å². The fraction of sp³-hybridized carbons (Fsp3) is 0.435. The second kappa shape index (κ2) is 9.69. The van der Waals surface area contributed by atoms with Crippen molar-refractivity contribution in [2.75, 3.05) is 31.5 Å². The molecule has 0 aliphatic carbocycles. The average molecular weight is 462 g/mol. The highest BCUT2D eigenvalue weighted by atomic mass is 35.5. The van der Waals surface area contributed by atoms with Crippen LogP contribution in [0.3, 0.4) is 0 Å². The quantitative estimate of drug-likeness (QED) is 0.681. The number of anilines is 1. The third-order valence-corrected chi connectivity index (χ3v) is 8.34. The highest BCUT2D eigenvalue weighted by molar-refractivity contribution is 7.89. The molecule has 31 heavy (non-hydrogen) atoms. The molecule has 1 atom stereocenters. The van der Waals surface area contributed by atoms with Crippen molar-refractivity contribution in [3.63, 3.8) is 0 Å². The molecule has 1 N–H and O–H groups in total. The lowest BCUT2D eigenvalue weighted by Gasteiger charge is -2.24. The Morgan fingerprint density at radius 2 is 1.81 bits per heavy atom. The van der Waals surface area contributed by atoms with Gasteiger partial charge in [0.1, 0.15) is 0 Å². The number of hydrogen-bond acceptors (Lipinski definition) is 4. The van der Waals surface area contributed by atoms with Gasteiger partial charge in [0.15, 0.2) is 0 Å². The minimum atomic E-state index is -3.51. The Morgan fingerprint density at radius 1 is 1.03 bits per heavy atom. The number of likely N-dealkylation sites (tertiary alicyclic amines) is 1. The molecule has 2 heterocycles. The Labute approximate surface area is 189 Å². The first kappa shape index (κ1) is 22.3. The highest BCUT2D eigenvalue weighted by Gasteiger charge is 2.28. The Balaban J connectivity index is 1.39. The molecule has 166 valence electrons. The number of nitrogens with zero attached hydrogens (tertiary/aromatic N) is 2. The predicted octanol–water partition coefficient (Wildman–Crippen LogP) is 3.77. The van der Waals surface area contributed by atoms with Crippen molar-refractivity contribution in [3.8, 4) is 0 Å². The van der Waals surface area contributed by atoms with Gasteiger partial charge in [-0.1, -0.05) is 35.9 Å². The third kappa shape index (κ3) is 5.29. The first-order valence-corrected chi connectivity index (χ1v) is 12.6. The lowest BCUT2D eigenvalue weighted by atomic mass is 10.0. The van der Waals surface area contributed by atoms with Gasteiger partial charge < -0.3 is 5.32 Å². The Bertz CT molecular complexity index is 1040. The van der Waals surface area contributed by atoms with E-state index >= 15 is 0 Å². The molecular weight excluding hydrogens is 434 g/mol. The van der Waals surface area contributed by atoms with Gasteiger partial charge in [0.05, 0.1) is 11.4 Å². The summed E-state index contributed by atoms with van der Waals surface area (Å²) in [5.74, 6) is -0.137. The number of benzene rings is 2. The minimum absolute atomic E-state index is 0.137. The van der Waals surface area contributed by atoms with E-state index in [1.165, 1.54) is 4.31 Å². The average Bonchev–Trinajstić information content (AvgIpc) is 3.43. The van der Waals surface area contributed by atoms with Gasteiger partial charge in [-0.2, -0.15) is 4.31 Å². The van der Waals surface area contributed by atoms with E-state index in [0.717, 1.165) is 49.2 Å². The second-order valence-electron chi connectivity index (χ2n) is 8.25. The summed E-state index contributed by atoms with van der Waals surface area (Å²) in [7, 11) is -3.51. The molecule has 2 saturated heterocycles. The molecule has 8 heteroatoms. The molecular formula is C23H28ClN3O3S. The normalized spacial score (nSPS) is 20.2.